The largest absolute Gasteiger partial charge is 0.351 e. The Labute approximate surface area is 156 Å². The first-order valence-electron chi connectivity index (χ1n) is 8.75. The minimum absolute atomic E-state index is 0.155. The molecule has 1 aliphatic heterocycles. The maximum absolute atomic E-state index is 12.8. The lowest BCUT2D eigenvalue weighted by molar-refractivity contribution is 0.0953. The van der Waals surface area contributed by atoms with E-state index in [-0.39, 0.29) is 23.1 Å². The molecule has 0 unspecified atom stereocenters. The summed E-state index contributed by atoms with van der Waals surface area (Å²) in [6.07, 6.45) is 5.25. The summed E-state index contributed by atoms with van der Waals surface area (Å²) in [5, 5.41) is 14.7. The van der Waals surface area contributed by atoms with Crippen LogP contribution in [-0.4, -0.2) is 50.6 Å². The molecular weight excluding hydrogens is 352 g/mol. The number of thioether (sulfide) groups is 1. The van der Waals surface area contributed by atoms with Crippen LogP contribution >= 0.6 is 11.8 Å². The van der Waals surface area contributed by atoms with Crippen molar-refractivity contribution in [2.24, 2.45) is 7.05 Å². The third-order valence-electron chi connectivity index (χ3n) is 4.55. The second-order valence-corrected chi connectivity index (χ2v) is 7.46. The van der Waals surface area contributed by atoms with Crippen molar-refractivity contribution >= 4 is 17.7 Å². The number of carbonyl (C=O) groups is 1. The Morgan fingerprint density at radius 3 is 2.88 bits per heavy atom. The molecule has 1 aliphatic rings. The van der Waals surface area contributed by atoms with Crippen LogP contribution in [0.25, 0.3) is 0 Å². The molecule has 3 rings (SSSR count). The van der Waals surface area contributed by atoms with Crippen LogP contribution < -0.4 is 16.2 Å². The lowest BCUT2D eigenvalue weighted by Crippen LogP contribution is -2.38. The molecule has 3 heterocycles. The minimum atomic E-state index is -0.311. The number of aromatic nitrogens is 4. The number of aryl methyl sites for hydroxylation is 2. The van der Waals surface area contributed by atoms with E-state index < -0.39 is 0 Å². The molecule has 0 aliphatic carbocycles. The molecule has 0 saturated carbocycles. The Morgan fingerprint density at radius 2 is 2.19 bits per heavy atom. The highest BCUT2D eigenvalue weighted by molar-refractivity contribution is 7.99. The van der Waals surface area contributed by atoms with Crippen LogP contribution in [0.4, 0.5) is 0 Å². The standard InChI is InChI=1S/C17H24N6O2S/c1-12-5-9-23(13-3-6-18-7-4-13)16(25)14(12)15(24)19-8-10-26-17-21-20-11-22(17)2/h5,9,11,13,18H,3-4,6-8,10H2,1-2H3,(H,19,24). The topological polar surface area (TPSA) is 93.8 Å². The first-order chi connectivity index (χ1) is 12.6. The lowest BCUT2D eigenvalue weighted by atomic mass is 10.0. The second kappa shape index (κ2) is 8.50. The van der Waals surface area contributed by atoms with Crippen LogP contribution in [0.15, 0.2) is 28.5 Å². The number of piperidine rings is 1. The Bertz CT molecular complexity index is 825. The van der Waals surface area contributed by atoms with Gasteiger partial charge in [-0.25, -0.2) is 0 Å². The van der Waals surface area contributed by atoms with Crippen molar-refractivity contribution in [3.63, 3.8) is 0 Å². The summed E-state index contributed by atoms with van der Waals surface area (Å²) in [7, 11) is 1.87. The molecule has 0 bridgehead atoms. The number of nitrogens with one attached hydrogen (secondary N) is 2. The lowest BCUT2D eigenvalue weighted by Gasteiger charge is -2.25. The molecule has 0 aromatic carbocycles. The first-order valence-corrected chi connectivity index (χ1v) is 9.74. The average Bonchev–Trinajstić information content (AvgIpc) is 3.04. The Hall–Kier alpha value is -2.13. The molecule has 0 atom stereocenters. The zero-order valence-corrected chi connectivity index (χ0v) is 15.9. The van der Waals surface area contributed by atoms with Crippen LogP contribution in [-0.2, 0) is 7.05 Å². The van der Waals surface area contributed by atoms with Gasteiger partial charge in [0.05, 0.1) is 0 Å². The highest BCUT2D eigenvalue weighted by atomic mass is 32.2. The third-order valence-corrected chi connectivity index (χ3v) is 5.58. The number of amides is 1. The van der Waals surface area contributed by atoms with E-state index in [9.17, 15) is 9.59 Å². The van der Waals surface area contributed by atoms with Gasteiger partial charge in [0, 0.05) is 31.6 Å². The van der Waals surface area contributed by atoms with Gasteiger partial charge in [-0.1, -0.05) is 11.8 Å². The van der Waals surface area contributed by atoms with Crippen molar-refractivity contribution in [2.45, 2.75) is 31.0 Å². The molecule has 0 radical (unpaired) electrons. The monoisotopic (exact) mass is 376 g/mol. The van der Waals surface area contributed by atoms with Gasteiger partial charge in [0.15, 0.2) is 5.16 Å². The molecule has 2 aromatic heterocycles. The van der Waals surface area contributed by atoms with E-state index in [1.165, 1.54) is 11.8 Å². The fourth-order valence-electron chi connectivity index (χ4n) is 3.09. The SMILES string of the molecule is Cc1ccn(C2CCNCC2)c(=O)c1C(=O)NCCSc1nncn1C. The molecule has 1 amide bonds. The van der Waals surface area contributed by atoms with Gasteiger partial charge in [-0.15, -0.1) is 10.2 Å². The number of rotatable bonds is 6. The van der Waals surface area contributed by atoms with Crippen molar-refractivity contribution in [3.05, 3.63) is 40.1 Å². The van der Waals surface area contributed by atoms with E-state index in [4.69, 9.17) is 0 Å². The summed E-state index contributed by atoms with van der Waals surface area (Å²) in [5.41, 5.74) is 0.753. The summed E-state index contributed by atoms with van der Waals surface area (Å²) >= 11 is 1.51. The Morgan fingerprint density at radius 1 is 1.42 bits per heavy atom. The van der Waals surface area contributed by atoms with Gasteiger partial charge in [0.2, 0.25) is 0 Å². The van der Waals surface area contributed by atoms with Crippen molar-refractivity contribution in [2.75, 3.05) is 25.4 Å². The van der Waals surface area contributed by atoms with E-state index in [1.807, 2.05) is 23.9 Å². The Kier molecular flexibility index (Phi) is 6.10. The molecule has 2 aromatic rings. The maximum atomic E-state index is 12.8. The molecule has 8 nitrogen and oxygen atoms in total. The van der Waals surface area contributed by atoms with E-state index in [0.717, 1.165) is 31.1 Å². The van der Waals surface area contributed by atoms with Crippen LogP contribution in [0.2, 0.25) is 0 Å². The van der Waals surface area contributed by atoms with Gasteiger partial charge < -0.3 is 19.8 Å². The molecule has 0 spiro atoms. The van der Waals surface area contributed by atoms with Gasteiger partial charge >= 0.3 is 0 Å². The molecule has 1 saturated heterocycles. The number of pyridine rings is 1. The number of carbonyl (C=O) groups excluding carboxylic acids is 1. The zero-order valence-electron chi connectivity index (χ0n) is 15.1. The van der Waals surface area contributed by atoms with E-state index in [1.54, 1.807) is 17.8 Å². The first kappa shape index (κ1) is 18.7. The predicted octanol–water partition coefficient (Wildman–Crippen LogP) is 0.732. The number of nitrogens with zero attached hydrogens (tertiary/aromatic N) is 4. The van der Waals surface area contributed by atoms with Crippen molar-refractivity contribution in [1.82, 2.24) is 30.0 Å². The molecule has 26 heavy (non-hydrogen) atoms. The molecule has 9 heteroatoms. The smallest absolute Gasteiger partial charge is 0.263 e. The third kappa shape index (κ3) is 4.16. The average molecular weight is 376 g/mol. The van der Waals surface area contributed by atoms with Crippen LogP contribution in [0, 0.1) is 6.92 Å². The van der Waals surface area contributed by atoms with Crippen LogP contribution in [0.5, 0.6) is 0 Å². The summed E-state index contributed by atoms with van der Waals surface area (Å²) in [4.78, 5) is 25.4. The molecule has 1 fully saturated rings. The highest BCUT2D eigenvalue weighted by Crippen LogP contribution is 2.17. The van der Waals surface area contributed by atoms with Gasteiger partial charge in [0.25, 0.3) is 11.5 Å². The fourth-order valence-corrected chi connectivity index (χ4v) is 3.83. The summed E-state index contributed by atoms with van der Waals surface area (Å²) in [6, 6.07) is 2.01. The Balaban J connectivity index is 1.64. The summed E-state index contributed by atoms with van der Waals surface area (Å²) in [6.45, 7) is 4.05. The quantitative estimate of drug-likeness (QED) is 0.570. The second-order valence-electron chi connectivity index (χ2n) is 6.40. The van der Waals surface area contributed by atoms with Crippen molar-refractivity contribution in [1.29, 1.82) is 0 Å². The van der Waals surface area contributed by atoms with E-state index in [2.05, 4.69) is 20.8 Å². The van der Waals surface area contributed by atoms with Gasteiger partial charge in [-0.05, 0) is 44.5 Å². The normalized spacial score (nSPS) is 15.2. The van der Waals surface area contributed by atoms with Gasteiger partial charge in [-0.3, -0.25) is 9.59 Å². The van der Waals surface area contributed by atoms with Crippen molar-refractivity contribution < 1.29 is 4.79 Å². The zero-order chi connectivity index (χ0) is 18.5. The summed E-state index contributed by atoms with van der Waals surface area (Å²) in [5.74, 6) is 0.349. The van der Waals surface area contributed by atoms with Gasteiger partial charge in [-0.2, -0.15) is 0 Å². The maximum Gasteiger partial charge on any atom is 0.263 e. The minimum Gasteiger partial charge on any atom is -0.351 e. The summed E-state index contributed by atoms with van der Waals surface area (Å²) < 4.78 is 3.54. The van der Waals surface area contributed by atoms with Gasteiger partial charge in [0.1, 0.15) is 11.9 Å². The van der Waals surface area contributed by atoms with E-state index >= 15 is 0 Å². The predicted molar refractivity (Wildman–Crippen MR) is 101 cm³/mol. The number of hydrogen-bond donors (Lipinski definition) is 2. The van der Waals surface area contributed by atoms with Crippen molar-refractivity contribution in [3.8, 4) is 0 Å². The highest BCUT2D eigenvalue weighted by Gasteiger charge is 2.21. The van der Waals surface area contributed by atoms with Crippen LogP contribution in [0.3, 0.4) is 0 Å². The van der Waals surface area contributed by atoms with E-state index in [0.29, 0.717) is 17.9 Å². The molecule has 2 N–H and O–H groups in total. The molecule has 140 valence electrons. The fraction of sp³-hybridized carbons (Fsp3) is 0.529. The van der Waals surface area contributed by atoms with Crippen LogP contribution in [0.1, 0.15) is 34.8 Å². The molecular formula is C17H24N6O2S. The number of hydrogen-bond acceptors (Lipinski definition) is 6.